The molecule has 0 bridgehead atoms. The van der Waals surface area contributed by atoms with E-state index < -0.39 is 0 Å². The van der Waals surface area contributed by atoms with Gasteiger partial charge in [0.1, 0.15) is 11.3 Å². The van der Waals surface area contributed by atoms with Gasteiger partial charge in [-0.3, -0.25) is 4.98 Å². The molecule has 6 nitrogen and oxygen atoms in total. The summed E-state index contributed by atoms with van der Waals surface area (Å²) in [4.78, 5) is 8.80. The van der Waals surface area contributed by atoms with Crippen molar-refractivity contribution < 1.29 is 14.3 Å². The Morgan fingerprint density at radius 1 is 1.28 bits per heavy atom. The van der Waals surface area contributed by atoms with E-state index in [-0.39, 0.29) is 12.1 Å². The summed E-state index contributed by atoms with van der Waals surface area (Å²) in [6.07, 6.45) is 4.75. The van der Waals surface area contributed by atoms with Crippen molar-refractivity contribution in [2.24, 2.45) is 5.92 Å². The molecule has 2 aromatic heterocycles. The fraction of sp³-hybridized carbons (Fsp3) is 0.368. The third-order valence-corrected chi connectivity index (χ3v) is 4.77. The molecule has 25 heavy (non-hydrogen) atoms. The molecule has 0 spiro atoms. The Labute approximate surface area is 145 Å². The summed E-state index contributed by atoms with van der Waals surface area (Å²) in [5.41, 5.74) is 3.72. The summed E-state index contributed by atoms with van der Waals surface area (Å²) in [6, 6.07) is 8.33. The first-order valence-electron chi connectivity index (χ1n) is 8.43. The predicted octanol–water partition coefficient (Wildman–Crippen LogP) is 3.46. The molecule has 3 aromatic rings. The van der Waals surface area contributed by atoms with Gasteiger partial charge in [-0.1, -0.05) is 6.07 Å². The van der Waals surface area contributed by atoms with Crippen LogP contribution in [0, 0.1) is 12.8 Å². The van der Waals surface area contributed by atoms with Crippen molar-refractivity contribution >= 4 is 17.1 Å². The molecule has 6 heteroatoms. The molecule has 2 N–H and O–H groups in total. The molecule has 1 aliphatic carbocycles. The zero-order chi connectivity index (χ0) is 17.4. The van der Waals surface area contributed by atoms with E-state index in [0.29, 0.717) is 17.7 Å². The van der Waals surface area contributed by atoms with Gasteiger partial charge >= 0.3 is 0 Å². The monoisotopic (exact) mass is 339 g/mol. The van der Waals surface area contributed by atoms with Crippen molar-refractivity contribution in [1.82, 2.24) is 9.97 Å². The molecule has 130 valence electrons. The maximum absolute atomic E-state index is 9.72. The van der Waals surface area contributed by atoms with Crippen LogP contribution in [0.25, 0.3) is 11.1 Å². The largest absolute Gasteiger partial charge is 0.495 e. The van der Waals surface area contributed by atoms with E-state index in [0.717, 1.165) is 35.1 Å². The Balaban J connectivity index is 1.65. The first-order valence-corrected chi connectivity index (χ1v) is 8.43. The number of benzene rings is 1. The van der Waals surface area contributed by atoms with E-state index in [1.807, 2.05) is 37.4 Å². The Morgan fingerprint density at radius 2 is 2.12 bits per heavy atom. The molecule has 1 atom stereocenters. The first-order chi connectivity index (χ1) is 12.1. The number of ether oxygens (including phenoxy) is 1. The summed E-state index contributed by atoms with van der Waals surface area (Å²) in [7, 11) is 1.62. The van der Waals surface area contributed by atoms with Crippen molar-refractivity contribution in [3.05, 3.63) is 47.8 Å². The Bertz CT molecular complexity index is 887. The number of hydrogen-bond acceptors (Lipinski definition) is 6. The lowest BCUT2D eigenvalue weighted by molar-refractivity contribution is 0.0336. The normalized spacial score (nSPS) is 20.9. The minimum Gasteiger partial charge on any atom is -0.495 e. The van der Waals surface area contributed by atoms with Gasteiger partial charge in [0.15, 0.2) is 5.58 Å². The highest BCUT2D eigenvalue weighted by Crippen LogP contribution is 2.40. The van der Waals surface area contributed by atoms with Crippen LogP contribution in [0.15, 0.2) is 41.1 Å². The van der Waals surface area contributed by atoms with Crippen LogP contribution in [0.5, 0.6) is 5.75 Å². The smallest absolute Gasteiger partial charge is 0.296 e. The van der Waals surface area contributed by atoms with Crippen molar-refractivity contribution in [3.63, 3.8) is 0 Å². The zero-order valence-electron chi connectivity index (χ0n) is 14.3. The average Bonchev–Trinajstić information content (AvgIpc) is 2.99. The number of hydrogen-bond donors (Lipinski definition) is 2. The number of aliphatic hydroxyl groups is 1. The highest BCUT2D eigenvalue weighted by molar-refractivity contribution is 5.75. The molecule has 1 saturated carbocycles. The van der Waals surface area contributed by atoms with Crippen molar-refractivity contribution in [2.75, 3.05) is 12.4 Å². The molecule has 1 aliphatic rings. The van der Waals surface area contributed by atoms with Gasteiger partial charge in [-0.15, -0.1) is 0 Å². The minimum atomic E-state index is -0.237. The van der Waals surface area contributed by atoms with E-state index in [2.05, 4.69) is 15.3 Å². The summed E-state index contributed by atoms with van der Waals surface area (Å²) in [5.74, 6) is 0.998. The lowest BCUT2D eigenvalue weighted by Crippen LogP contribution is -2.36. The van der Waals surface area contributed by atoms with E-state index in [1.165, 1.54) is 0 Å². The Kier molecular flexibility index (Phi) is 4.05. The molecule has 0 radical (unpaired) electrons. The Morgan fingerprint density at radius 3 is 2.88 bits per heavy atom. The van der Waals surface area contributed by atoms with Gasteiger partial charge in [0.05, 0.1) is 25.5 Å². The lowest BCUT2D eigenvalue weighted by Gasteiger charge is -2.37. The summed E-state index contributed by atoms with van der Waals surface area (Å²) in [6.45, 7) is 2.03. The molecule has 0 amide bonds. The van der Waals surface area contributed by atoms with Crippen LogP contribution in [0.1, 0.15) is 30.0 Å². The molecule has 1 aromatic carbocycles. The standard InChI is InChI=1S/C19H21N3O3/c1-11-3-4-17-16(5-11)21-19(25-17)22-18(12-6-14(23)7-12)13-8-15(24-2)10-20-9-13/h3-5,8-10,12,14,18,23H,6-7H2,1-2H3,(H,21,22)/t12?,14?,18-/m1/s1. The van der Waals surface area contributed by atoms with E-state index >= 15 is 0 Å². The van der Waals surface area contributed by atoms with Crippen LogP contribution in [0.4, 0.5) is 6.01 Å². The summed E-state index contributed by atoms with van der Waals surface area (Å²) >= 11 is 0. The molecule has 4 rings (SSSR count). The van der Waals surface area contributed by atoms with Crippen molar-refractivity contribution in [3.8, 4) is 5.75 Å². The number of nitrogens with zero attached hydrogens (tertiary/aromatic N) is 2. The van der Waals surface area contributed by atoms with E-state index in [9.17, 15) is 5.11 Å². The number of pyridine rings is 1. The number of aryl methyl sites for hydroxylation is 1. The molecule has 1 fully saturated rings. The summed E-state index contributed by atoms with van der Waals surface area (Å²) in [5, 5.41) is 13.1. The lowest BCUT2D eigenvalue weighted by atomic mass is 9.75. The third-order valence-electron chi connectivity index (χ3n) is 4.77. The molecular weight excluding hydrogens is 318 g/mol. The number of methoxy groups -OCH3 is 1. The highest BCUT2D eigenvalue weighted by Gasteiger charge is 2.36. The number of fused-ring (bicyclic) bond motifs is 1. The minimum absolute atomic E-state index is 0.0415. The van der Waals surface area contributed by atoms with Crippen LogP contribution in [-0.4, -0.2) is 28.3 Å². The van der Waals surface area contributed by atoms with Crippen LogP contribution < -0.4 is 10.1 Å². The van der Waals surface area contributed by atoms with E-state index in [4.69, 9.17) is 9.15 Å². The molecule has 0 aliphatic heterocycles. The van der Waals surface area contributed by atoms with Crippen LogP contribution in [0.3, 0.4) is 0 Å². The maximum atomic E-state index is 9.72. The molecule has 0 saturated heterocycles. The third kappa shape index (κ3) is 3.17. The highest BCUT2D eigenvalue weighted by atomic mass is 16.5. The molecule has 2 heterocycles. The predicted molar refractivity (Wildman–Crippen MR) is 94.6 cm³/mol. The SMILES string of the molecule is COc1cncc([C@H](Nc2nc3cc(C)ccc3o2)C2CC(O)C2)c1. The summed E-state index contributed by atoms with van der Waals surface area (Å²) < 4.78 is 11.1. The number of anilines is 1. The number of aromatic nitrogens is 2. The average molecular weight is 339 g/mol. The van der Waals surface area contributed by atoms with Gasteiger partial charge in [0, 0.05) is 6.20 Å². The second kappa shape index (κ2) is 6.37. The van der Waals surface area contributed by atoms with Gasteiger partial charge < -0.3 is 19.6 Å². The topological polar surface area (TPSA) is 80.4 Å². The quantitative estimate of drug-likeness (QED) is 0.741. The van der Waals surface area contributed by atoms with Crippen molar-refractivity contribution in [1.29, 1.82) is 0 Å². The number of oxazole rings is 1. The van der Waals surface area contributed by atoms with Crippen LogP contribution >= 0.6 is 0 Å². The van der Waals surface area contributed by atoms with Gasteiger partial charge in [-0.05, 0) is 55.0 Å². The second-order valence-electron chi connectivity index (χ2n) is 6.66. The van der Waals surface area contributed by atoms with Gasteiger partial charge in [0.25, 0.3) is 6.01 Å². The Hall–Kier alpha value is -2.60. The van der Waals surface area contributed by atoms with Gasteiger partial charge in [0.2, 0.25) is 0 Å². The zero-order valence-corrected chi connectivity index (χ0v) is 14.3. The number of nitrogens with one attached hydrogen (secondary N) is 1. The molecular formula is C19H21N3O3. The fourth-order valence-electron chi connectivity index (χ4n) is 3.32. The number of aliphatic hydroxyl groups excluding tert-OH is 1. The number of rotatable bonds is 5. The van der Waals surface area contributed by atoms with Gasteiger partial charge in [-0.25, -0.2) is 0 Å². The first kappa shape index (κ1) is 15.9. The van der Waals surface area contributed by atoms with Crippen molar-refractivity contribution in [2.45, 2.75) is 31.9 Å². The van der Waals surface area contributed by atoms with Crippen LogP contribution in [0.2, 0.25) is 0 Å². The second-order valence-corrected chi connectivity index (χ2v) is 6.66. The van der Waals surface area contributed by atoms with Gasteiger partial charge in [-0.2, -0.15) is 4.98 Å². The fourth-order valence-corrected chi connectivity index (χ4v) is 3.32. The maximum Gasteiger partial charge on any atom is 0.296 e. The van der Waals surface area contributed by atoms with Crippen LogP contribution in [-0.2, 0) is 0 Å². The van der Waals surface area contributed by atoms with E-state index in [1.54, 1.807) is 13.3 Å². The molecule has 0 unspecified atom stereocenters.